The molecule has 2 aromatic carbocycles. The Morgan fingerprint density at radius 3 is 2.18 bits per heavy atom. The zero-order valence-electron chi connectivity index (χ0n) is 16.6. The molecular weight excluding hydrogens is 488 g/mol. The van der Waals surface area contributed by atoms with Crippen molar-refractivity contribution in [3.8, 4) is 11.3 Å². The number of halogens is 6. The van der Waals surface area contributed by atoms with E-state index in [4.69, 9.17) is 0 Å². The average Bonchev–Trinajstić information content (AvgIpc) is 3.42. The van der Waals surface area contributed by atoms with Gasteiger partial charge in [0.2, 0.25) is 5.16 Å². The Morgan fingerprint density at radius 2 is 1.58 bits per heavy atom. The zero-order chi connectivity index (χ0) is 23.8. The monoisotopic (exact) mass is 501 g/mol. The highest BCUT2D eigenvalue weighted by Gasteiger charge is 2.37. The molecule has 5 nitrogen and oxygen atoms in total. The van der Waals surface area contributed by atoms with Gasteiger partial charge in [-0.15, -0.1) is 16.4 Å². The molecule has 2 heterocycles. The van der Waals surface area contributed by atoms with E-state index in [1.54, 1.807) is 4.68 Å². The van der Waals surface area contributed by atoms with Crippen molar-refractivity contribution in [2.24, 2.45) is 0 Å². The summed E-state index contributed by atoms with van der Waals surface area (Å²) in [6.07, 6.45) is -9.86. The molecule has 0 aliphatic rings. The number of hydrogen-bond donors (Lipinski definition) is 0. The van der Waals surface area contributed by atoms with Gasteiger partial charge in [-0.2, -0.15) is 26.3 Å². The zero-order valence-corrected chi connectivity index (χ0v) is 18.2. The Morgan fingerprint density at radius 1 is 0.939 bits per heavy atom. The third-order valence-electron chi connectivity index (χ3n) is 4.66. The van der Waals surface area contributed by atoms with Crippen LogP contribution in [0.1, 0.15) is 29.7 Å². The first-order valence-electron chi connectivity index (χ1n) is 9.28. The van der Waals surface area contributed by atoms with Gasteiger partial charge in [0.15, 0.2) is 4.34 Å². The maximum absolute atomic E-state index is 13.2. The molecule has 0 amide bonds. The van der Waals surface area contributed by atoms with E-state index in [-0.39, 0.29) is 23.4 Å². The normalized spacial score (nSPS) is 13.3. The molecule has 1 unspecified atom stereocenters. The summed E-state index contributed by atoms with van der Waals surface area (Å²) >= 11 is 2.13. The molecule has 1 atom stereocenters. The van der Waals surface area contributed by atoms with Gasteiger partial charge in [-0.3, -0.25) is 0 Å². The molecule has 0 radical (unpaired) electrons. The van der Waals surface area contributed by atoms with Gasteiger partial charge in [0.05, 0.1) is 22.9 Å². The van der Waals surface area contributed by atoms with Crippen LogP contribution >= 0.6 is 23.1 Å². The van der Waals surface area contributed by atoms with Crippen molar-refractivity contribution in [3.63, 3.8) is 0 Å². The van der Waals surface area contributed by atoms with E-state index >= 15 is 0 Å². The lowest BCUT2D eigenvalue weighted by Gasteiger charge is -2.13. The standard InChI is InChI=1S/C20H13F6N5S2/c1-11(12-5-3-2-4-6-12)31-17(28-29-30-31)33-18-27-16(10-32-18)13-7-14(19(21,22)23)9-15(8-13)20(24,25)26/h2-11H,1H3. The van der Waals surface area contributed by atoms with Gasteiger partial charge in [-0.1, -0.05) is 30.3 Å². The van der Waals surface area contributed by atoms with Crippen molar-refractivity contribution in [3.05, 3.63) is 70.6 Å². The Balaban J connectivity index is 1.63. The second-order valence-electron chi connectivity index (χ2n) is 6.89. The maximum atomic E-state index is 13.2. The smallest absolute Gasteiger partial charge is 0.229 e. The second kappa shape index (κ2) is 8.78. The molecule has 0 saturated carbocycles. The highest BCUT2D eigenvalue weighted by molar-refractivity contribution is 8.00. The summed E-state index contributed by atoms with van der Waals surface area (Å²) in [7, 11) is 0. The molecule has 0 aliphatic heterocycles. The number of thiazole rings is 1. The molecule has 13 heteroatoms. The quantitative estimate of drug-likeness (QED) is 0.289. The Hall–Kier alpha value is -2.93. The summed E-state index contributed by atoms with van der Waals surface area (Å²) in [5.74, 6) is 0. The van der Waals surface area contributed by atoms with Gasteiger partial charge in [-0.25, -0.2) is 9.67 Å². The fraction of sp³-hybridized carbons (Fsp3) is 0.200. The first-order valence-corrected chi connectivity index (χ1v) is 11.0. The van der Waals surface area contributed by atoms with Crippen molar-refractivity contribution >= 4 is 23.1 Å². The molecule has 0 spiro atoms. The fourth-order valence-electron chi connectivity index (χ4n) is 2.99. The van der Waals surface area contributed by atoms with Crippen LogP contribution in [-0.4, -0.2) is 25.2 Å². The van der Waals surface area contributed by atoms with E-state index < -0.39 is 23.5 Å². The highest BCUT2D eigenvalue weighted by Crippen LogP contribution is 2.40. The molecule has 0 fully saturated rings. The van der Waals surface area contributed by atoms with Crippen molar-refractivity contribution in [2.75, 3.05) is 0 Å². The van der Waals surface area contributed by atoms with E-state index in [0.717, 1.165) is 28.7 Å². The van der Waals surface area contributed by atoms with E-state index in [2.05, 4.69) is 20.5 Å². The molecular formula is C20H13F6N5S2. The van der Waals surface area contributed by atoms with Crippen LogP contribution in [0.2, 0.25) is 0 Å². The summed E-state index contributed by atoms with van der Waals surface area (Å²) in [5, 5.41) is 13.4. The van der Waals surface area contributed by atoms with Crippen LogP contribution in [0.3, 0.4) is 0 Å². The minimum Gasteiger partial charge on any atom is -0.229 e. The number of tetrazole rings is 1. The molecule has 0 N–H and O–H groups in total. The lowest BCUT2D eigenvalue weighted by Crippen LogP contribution is -2.11. The summed E-state index contributed by atoms with van der Waals surface area (Å²) in [6.45, 7) is 1.89. The SMILES string of the molecule is CC(c1ccccc1)n1nnnc1Sc1nc(-c2cc(C(F)(F)F)cc(C(F)(F)F)c2)cs1. The molecule has 2 aromatic heterocycles. The molecule has 4 rings (SSSR count). The largest absolute Gasteiger partial charge is 0.416 e. The number of hydrogen-bond acceptors (Lipinski definition) is 6. The predicted octanol–water partition coefficient (Wildman–Crippen LogP) is 6.59. The van der Waals surface area contributed by atoms with Crippen molar-refractivity contribution in [1.82, 2.24) is 25.2 Å². The van der Waals surface area contributed by atoms with Crippen LogP contribution in [-0.2, 0) is 12.4 Å². The summed E-state index contributed by atoms with van der Waals surface area (Å²) < 4.78 is 80.9. The minimum absolute atomic E-state index is 0.00534. The van der Waals surface area contributed by atoms with Gasteiger partial charge >= 0.3 is 12.4 Å². The van der Waals surface area contributed by atoms with Crippen LogP contribution < -0.4 is 0 Å². The Bertz CT molecular complexity index is 1220. The third-order valence-corrected chi connectivity index (χ3v) is 6.55. The molecule has 0 bridgehead atoms. The number of nitrogens with zero attached hydrogens (tertiary/aromatic N) is 5. The minimum atomic E-state index is -4.93. The van der Waals surface area contributed by atoms with E-state index in [9.17, 15) is 26.3 Å². The lowest BCUT2D eigenvalue weighted by atomic mass is 10.0. The summed E-state index contributed by atoms with van der Waals surface area (Å²) in [5.41, 5.74) is -2.12. The predicted molar refractivity (Wildman–Crippen MR) is 110 cm³/mol. The second-order valence-corrected chi connectivity index (χ2v) is 8.96. The van der Waals surface area contributed by atoms with Gasteiger partial charge in [0, 0.05) is 10.9 Å². The maximum Gasteiger partial charge on any atom is 0.416 e. The summed E-state index contributed by atoms with van der Waals surface area (Å²) in [4.78, 5) is 4.21. The highest BCUT2D eigenvalue weighted by atomic mass is 32.2. The van der Waals surface area contributed by atoms with Gasteiger partial charge in [0.1, 0.15) is 0 Å². The van der Waals surface area contributed by atoms with Gasteiger partial charge < -0.3 is 0 Å². The van der Waals surface area contributed by atoms with Crippen LogP contribution in [0.5, 0.6) is 0 Å². The Kier molecular flexibility index (Phi) is 6.18. The van der Waals surface area contributed by atoms with Crippen LogP contribution in [0, 0.1) is 0 Å². The number of alkyl halides is 6. The topological polar surface area (TPSA) is 56.5 Å². The average molecular weight is 501 g/mol. The third kappa shape index (κ3) is 5.19. The first-order chi connectivity index (χ1) is 15.5. The number of rotatable bonds is 5. The molecule has 172 valence electrons. The van der Waals surface area contributed by atoms with Crippen LogP contribution in [0.25, 0.3) is 11.3 Å². The molecule has 4 aromatic rings. The number of benzene rings is 2. The van der Waals surface area contributed by atoms with Crippen molar-refractivity contribution in [2.45, 2.75) is 34.8 Å². The lowest BCUT2D eigenvalue weighted by molar-refractivity contribution is -0.143. The molecule has 0 aliphatic carbocycles. The van der Waals surface area contributed by atoms with Gasteiger partial charge in [0.25, 0.3) is 0 Å². The van der Waals surface area contributed by atoms with E-state index in [1.165, 1.54) is 5.38 Å². The Labute approximate surface area is 191 Å². The van der Waals surface area contributed by atoms with E-state index in [1.807, 2.05) is 37.3 Å². The molecule has 0 saturated heterocycles. The first kappa shape index (κ1) is 23.2. The van der Waals surface area contributed by atoms with Crippen LogP contribution in [0.4, 0.5) is 26.3 Å². The van der Waals surface area contributed by atoms with Crippen LogP contribution in [0.15, 0.2) is 63.4 Å². The summed E-state index contributed by atoms with van der Waals surface area (Å²) in [6, 6.07) is 10.6. The number of aromatic nitrogens is 5. The van der Waals surface area contributed by atoms with E-state index in [0.29, 0.717) is 21.6 Å². The van der Waals surface area contributed by atoms with Crippen molar-refractivity contribution < 1.29 is 26.3 Å². The fourth-order valence-corrected chi connectivity index (χ4v) is 4.76. The molecule has 33 heavy (non-hydrogen) atoms. The van der Waals surface area contributed by atoms with Crippen molar-refractivity contribution in [1.29, 1.82) is 0 Å². The van der Waals surface area contributed by atoms with Gasteiger partial charge in [-0.05, 0) is 52.9 Å².